The van der Waals surface area contributed by atoms with Crippen molar-refractivity contribution in [3.63, 3.8) is 0 Å². The second kappa shape index (κ2) is 4.99. The Morgan fingerprint density at radius 1 is 1.41 bits per heavy atom. The molecule has 0 radical (unpaired) electrons. The fourth-order valence-corrected chi connectivity index (χ4v) is 2.00. The monoisotopic (exact) mass is 231 g/mol. The van der Waals surface area contributed by atoms with Gasteiger partial charge in [0.2, 0.25) is 5.91 Å². The fraction of sp³-hybridized carbons (Fsp3) is 0.385. The minimum Gasteiger partial charge on any atom is -0.359 e. The molecule has 1 amide bonds. The summed E-state index contributed by atoms with van der Waals surface area (Å²) in [7, 11) is 1.67. The molecule has 0 saturated carbocycles. The third-order valence-electron chi connectivity index (χ3n) is 2.91. The van der Waals surface area contributed by atoms with Crippen LogP contribution in [0.1, 0.15) is 18.7 Å². The van der Waals surface area contributed by atoms with Crippen LogP contribution in [0.2, 0.25) is 0 Å². The maximum Gasteiger partial charge on any atom is 0.219 e. The van der Waals surface area contributed by atoms with Gasteiger partial charge in [-0.1, -0.05) is 12.1 Å². The summed E-state index contributed by atoms with van der Waals surface area (Å²) in [6.07, 6.45) is 1.39. The quantitative estimate of drug-likeness (QED) is 0.873. The SMILES string of the molecule is CNC(=O)CCCn1c(C)nc2ccccc21. The number of nitrogens with zero attached hydrogens (tertiary/aromatic N) is 2. The van der Waals surface area contributed by atoms with Crippen molar-refractivity contribution in [1.29, 1.82) is 0 Å². The largest absolute Gasteiger partial charge is 0.359 e. The van der Waals surface area contributed by atoms with Crippen molar-refractivity contribution in [2.75, 3.05) is 7.05 Å². The second-order valence-electron chi connectivity index (χ2n) is 4.08. The fourth-order valence-electron chi connectivity index (χ4n) is 2.00. The second-order valence-corrected chi connectivity index (χ2v) is 4.08. The van der Waals surface area contributed by atoms with Gasteiger partial charge in [-0.2, -0.15) is 0 Å². The van der Waals surface area contributed by atoms with Gasteiger partial charge in [-0.3, -0.25) is 4.79 Å². The maximum absolute atomic E-state index is 11.2. The number of imidazole rings is 1. The van der Waals surface area contributed by atoms with E-state index in [1.165, 1.54) is 0 Å². The predicted octanol–water partition coefficient (Wildman–Crippen LogP) is 1.87. The topological polar surface area (TPSA) is 46.9 Å². The maximum atomic E-state index is 11.2. The zero-order valence-corrected chi connectivity index (χ0v) is 10.2. The lowest BCUT2D eigenvalue weighted by atomic mass is 10.2. The van der Waals surface area contributed by atoms with E-state index in [2.05, 4.69) is 20.9 Å². The van der Waals surface area contributed by atoms with E-state index in [0.717, 1.165) is 29.8 Å². The number of hydrogen-bond acceptors (Lipinski definition) is 2. The molecule has 0 aliphatic heterocycles. The molecule has 0 unspecified atom stereocenters. The van der Waals surface area contributed by atoms with Crippen LogP contribution in [0.4, 0.5) is 0 Å². The van der Waals surface area contributed by atoms with Crippen LogP contribution in [0, 0.1) is 6.92 Å². The lowest BCUT2D eigenvalue weighted by Gasteiger charge is -2.06. The number of aryl methyl sites for hydroxylation is 2. The van der Waals surface area contributed by atoms with E-state index in [-0.39, 0.29) is 5.91 Å². The van der Waals surface area contributed by atoms with Gasteiger partial charge in [-0.05, 0) is 25.5 Å². The molecule has 4 heteroatoms. The van der Waals surface area contributed by atoms with Gasteiger partial charge < -0.3 is 9.88 Å². The third kappa shape index (κ3) is 2.46. The number of nitrogens with one attached hydrogen (secondary N) is 1. The first-order valence-electron chi connectivity index (χ1n) is 5.85. The molecule has 0 bridgehead atoms. The molecule has 90 valence electrons. The van der Waals surface area contributed by atoms with E-state index in [9.17, 15) is 4.79 Å². The summed E-state index contributed by atoms with van der Waals surface area (Å²) < 4.78 is 2.16. The summed E-state index contributed by atoms with van der Waals surface area (Å²) in [5.74, 6) is 1.09. The Hall–Kier alpha value is -1.84. The highest BCUT2D eigenvalue weighted by atomic mass is 16.1. The van der Waals surface area contributed by atoms with Crippen LogP contribution in [0.15, 0.2) is 24.3 Å². The standard InChI is InChI=1S/C13H17N3O/c1-10-15-11-6-3-4-7-12(11)16(10)9-5-8-13(17)14-2/h3-4,6-7H,5,8-9H2,1-2H3,(H,14,17). The molecule has 0 aliphatic rings. The number of benzene rings is 1. The molecule has 4 nitrogen and oxygen atoms in total. The number of amides is 1. The van der Waals surface area contributed by atoms with Crippen LogP contribution in [0.25, 0.3) is 11.0 Å². The highest BCUT2D eigenvalue weighted by Crippen LogP contribution is 2.16. The number of hydrogen-bond donors (Lipinski definition) is 1. The molecule has 17 heavy (non-hydrogen) atoms. The van der Waals surface area contributed by atoms with Gasteiger partial charge in [0, 0.05) is 20.0 Å². The molecule has 2 aromatic rings. The van der Waals surface area contributed by atoms with Crippen molar-refractivity contribution in [3.8, 4) is 0 Å². The smallest absolute Gasteiger partial charge is 0.219 e. The van der Waals surface area contributed by atoms with Crippen LogP contribution in [0.5, 0.6) is 0 Å². The summed E-state index contributed by atoms with van der Waals surface area (Å²) >= 11 is 0. The lowest BCUT2D eigenvalue weighted by molar-refractivity contribution is -0.120. The van der Waals surface area contributed by atoms with Gasteiger partial charge in [-0.15, -0.1) is 0 Å². The Morgan fingerprint density at radius 2 is 2.18 bits per heavy atom. The highest BCUT2D eigenvalue weighted by Gasteiger charge is 2.06. The van der Waals surface area contributed by atoms with Crippen molar-refractivity contribution >= 4 is 16.9 Å². The normalized spacial score (nSPS) is 10.7. The van der Waals surface area contributed by atoms with Crippen LogP contribution in [-0.4, -0.2) is 22.5 Å². The molecule has 0 spiro atoms. The first-order chi connectivity index (χ1) is 8.22. The number of carbonyl (C=O) groups excluding carboxylic acids is 1. The minimum atomic E-state index is 0.0899. The van der Waals surface area contributed by atoms with E-state index in [0.29, 0.717) is 6.42 Å². The molecule has 0 saturated heterocycles. The summed E-state index contributed by atoms with van der Waals surface area (Å²) in [5.41, 5.74) is 2.16. The van der Waals surface area contributed by atoms with E-state index in [1.54, 1.807) is 7.05 Å². The van der Waals surface area contributed by atoms with Crippen LogP contribution in [0.3, 0.4) is 0 Å². The third-order valence-corrected chi connectivity index (χ3v) is 2.91. The van der Waals surface area contributed by atoms with Crippen molar-refractivity contribution in [1.82, 2.24) is 14.9 Å². The number of fused-ring (bicyclic) bond motifs is 1. The molecule has 1 aromatic carbocycles. The Kier molecular flexibility index (Phi) is 3.42. The summed E-state index contributed by atoms with van der Waals surface area (Å²) in [5, 5.41) is 2.63. The van der Waals surface area contributed by atoms with Crippen molar-refractivity contribution in [2.45, 2.75) is 26.3 Å². The predicted molar refractivity (Wildman–Crippen MR) is 67.8 cm³/mol. The van der Waals surface area contributed by atoms with E-state index < -0.39 is 0 Å². The first kappa shape index (κ1) is 11.6. The van der Waals surface area contributed by atoms with Gasteiger partial charge in [-0.25, -0.2) is 4.98 Å². The van der Waals surface area contributed by atoms with Gasteiger partial charge in [0.1, 0.15) is 5.82 Å². The summed E-state index contributed by atoms with van der Waals surface area (Å²) in [4.78, 5) is 15.6. The molecule has 0 atom stereocenters. The van der Waals surface area contributed by atoms with Gasteiger partial charge in [0.15, 0.2) is 0 Å². The Balaban J connectivity index is 2.12. The number of para-hydroxylation sites is 2. The Bertz CT molecular complexity index is 530. The average molecular weight is 231 g/mol. The molecule has 1 aromatic heterocycles. The molecule has 1 heterocycles. The molecular weight excluding hydrogens is 214 g/mol. The van der Waals surface area contributed by atoms with Crippen molar-refractivity contribution in [2.24, 2.45) is 0 Å². The minimum absolute atomic E-state index is 0.0899. The zero-order valence-electron chi connectivity index (χ0n) is 10.2. The molecule has 0 fully saturated rings. The van der Waals surface area contributed by atoms with E-state index >= 15 is 0 Å². The summed E-state index contributed by atoms with van der Waals surface area (Å²) in [6, 6.07) is 8.08. The lowest BCUT2D eigenvalue weighted by Crippen LogP contribution is -2.17. The van der Waals surface area contributed by atoms with Gasteiger partial charge >= 0.3 is 0 Å². The van der Waals surface area contributed by atoms with Crippen LogP contribution < -0.4 is 5.32 Å². The Morgan fingerprint density at radius 3 is 2.94 bits per heavy atom. The number of aromatic nitrogens is 2. The average Bonchev–Trinajstić information content (AvgIpc) is 2.66. The van der Waals surface area contributed by atoms with Crippen LogP contribution in [-0.2, 0) is 11.3 Å². The van der Waals surface area contributed by atoms with Crippen LogP contribution >= 0.6 is 0 Å². The highest BCUT2D eigenvalue weighted by molar-refractivity contribution is 5.76. The molecule has 2 rings (SSSR count). The zero-order chi connectivity index (χ0) is 12.3. The number of carbonyl (C=O) groups is 1. The molecule has 1 N–H and O–H groups in total. The van der Waals surface area contributed by atoms with Crippen molar-refractivity contribution < 1.29 is 4.79 Å². The van der Waals surface area contributed by atoms with Gasteiger partial charge in [0.25, 0.3) is 0 Å². The van der Waals surface area contributed by atoms with Crippen molar-refractivity contribution in [3.05, 3.63) is 30.1 Å². The summed E-state index contributed by atoms with van der Waals surface area (Å²) in [6.45, 7) is 2.83. The molecule has 0 aliphatic carbocycles. The van der Waals surface area contributed by atoms with Gasteiger partial charge in [0.05, 0.1) is 11.0 Å². The van der Waals surface area contributed by atoms with E-state index in [1.807, 2.05) is 25.1 Å². The molecular formula is C13H17N3O. The Labute approximate surface area is 101 Å². The number of rotatable bonds is 4. The van der Waals surface area contributed by atoms with E-state index in [4.69, 9.17) is 0 Å². The first-order valence-corrected chi connectivity index (χ1v) is 5.85.